The molecule has 0 bridgehead atoms. The first kappa shape index (κ1) is 18.1. The minimum Gasteiger partial charge on any atom is -0.322 e. The van der Waals surface area contributed by atoms with Gasteiger partial charge in [-0.3, -0.25) is 4.79 Å². The van der Waals surface area contributed by atoms with Crippen LogP contribution in [0.5, 0.6) is 0 Å². The maximum Gasteiger partial charge on any atom is 0.255 e. The number of aryl methyl sites for hydroxylation is 2. The molecule has 1 N–H and O–H groups in total. The summed E-state index contributed by atoms with van der Waals surface area (Å²) in [5.41, 5.74) is 5.79. The Balaban J connectivity index is 1.54. The fourth-order valence-electron chi connectivity index (χ4n) is 3.67. The van der Waals surface area contributed by atoms with Gasteiger partial charge >= 0.3 is 0 Å². The van der Waals surface area contributed by atoms with Crippen molar-refractivity contribution in [3.05, 3.63) is 95.6 Å². The van der Waals surface area contributed by atoms with Gasteiger partial charge in [0, 0.05) is 16.6 Å². The van der Waals surface area contributed by atoms with Gasteiger partial charge < -0.3 is 5.32 Å². The topological polar surface area (TPSA) is 59.8 Å². The molecule has 0 aliphatic rings. The molecular formula is C25H20N4O. The lowest BCUT2D eigenvalue weighted by Gasteiger charge is -2.08. The lowest BCUT2D eigenvalue weighted by atomic mass is 10.1. The Labute approximate surface area is 174 Å². The normalized spacial score (nSPS) is 11.1. The number of benzene rings is 4. The second-order valence-corrected chi connectivity index (χ2v) is 7.47. The molecule has 1 amide bonds. The van der Waals surface area contributed by atoms with Gasteiger partial charge in [0.2, 0.25) is 0 Å². The van der Waals surface area contributed by atoms with Crippen LogP contribution in [0, 0.1) is 13.8 Å². The van der Waals surface area contributed by atoms with E-state index in [9.17, 15) is 4.79 Å². The van der Waals surface area contributed by atoms with Crippen molar-refractivity contribution in [1.29, 1.82) is 0 Å². The highest BCUT2D eigenvalue weighted by Gasteiger charge is 2.13. The van der Waals surface area contributed by atoms with Crippen LogP contribution in [0.1, 0.15) is 21.5 Å². The van der Waals surface area contributed by atoms with Crippen LogP contribution in [0.3, 0.4) is 0 Å². The summed E-state index contributed by atoms with van der Waals surface area (Å²) in [5.74, 6) is -0.136. The van der Waals surface area contributed by atoms with Gasteiger partial charge in [-0.05, 0) is 55.1 Å². The fraction of sp³-hybridized carbons (Fsp3) is 0.0800. The molecule has 30 heavy (non-hydrogen) atoms. The van der Waals surface area contributed by atoms with Crippen LogP contribution >= 0.6 is 0 Å². The summed E-state index contributed by atoms with van der Waals surface area (Å²) < 4.78 is 0. The number of anilines is 1. The summed E-state index contributed by atoms with van der Waals surface area (Å²) in [6, 6.07) is 25.6. The number of rotatable bonds is 3. The Kier molecular flexibility index (Phi) is 4.29. The van der Waals surface area contributed by atoms with E-state index in [0.29, 0.717) is 5.56 Å². The number of carbonyl (C=O) groups excluding carboxylic acids is 1. The molecule has 0 atom stereocenters. The van der Waals surface area contributed by atoms with Crippen molar-refractivity contribution < 1.29 is 4.79 Å². The molecule has 0 aliphatic carbocycles. The summed E-state index contributed by atoms with van der Waals surface area (Å²) >= 11 is 0. The minimum atomic E-state index is -0.136. The molecule has 5 aromatic rings. The average molecular weight is 392 g/mol. The first-order valence-corrected chi connectivity index (χ1v) is 9.82. The van der Waals surface area contributed by atoms with E-state index in [4.69, 9.17) is 0 Å². The fourth-order valence-corrected chi connectivity index (χ4v) is 3.67. The standard InChI is InChI=1S/C25H20N4O/c1-16-7-5-10-19(13-16)25(30)26-21-15-23-22(14-17(21)2)27-29(28-23)24-12-6-9-18-8-3-4-11-20(18)24/h3-15H,1-2H3,(H,26,30). The van der Waals surface area contributed by atoms with Crippen molar-refractivity contribution in [1.82, 2.24) is 15.0 Å². The molecule has 1 heterocycles. The Morgan fingerprint density at radius 2 is 1.57 bits per heavy atom. The second-order valence-electron chi connectivity index (χ2n) is 7.47. The van der Waals surface area contributed by atoms with Gasteiger partial charge in [-0.15, -0.1) is 15.0 Å². The van der Waals surface area contributed by atoms with Crippen LogP contribution < -0.4 is 5.32 Å². The molecule has 1 aromatic heterocycles. The van der Waals surface area contributed by atoms with Gasteiger partial charge in [-0.1, -0.05) is 54.1 Å². The van der Waals surface area contributed by atoms with Crippen molar-refractivity contribution in [3.8, 4) is 5.69 Å². The zero-order valence-corrected chi connectivity index (χ0v) is 16.8. The maximum atomic E-state index is 12.7. The number of fused-ring (bicyclic) bond motifs is 2. The van der Waals surface area contributed by atoms with Crippen molar-refractivity contribution in [2.75, 3.05) is 5.32 Å². The molecule has 0 unspecified atom stereocenters. The van der Waals surface area contributed by atoms with Gasteiger partial charge in [0.1, 0.15) is 11.0 Å². The Hall–Kier alpha value is -3.99. The van der Waals surface area contributed by atoms with E-state index < -0.39 is 0 Å². The number of hydrogen-bond acceptors (Lipinski definition) is 3. The molecule has 0 aliphatic heterocycles. The number of hydrogen-bond donors (Lipinski definition) is 1. The molecule has 0 fully saturated rings. The van der Waals surface area contributed by atoms with E-state index in [-0.39, 0.29) is 5.91 Å². The molecule has 0 radical (unpaired) electrons. The summed E-state index contributed by atoms with van der Waals surface area (Å²) in [4.78, 5) is 14.3. The van der Waals surface area contributed by atoms with E-state index in [0.717, 1.165) is 44.3 Å². The van der Waals surface area contributed by atoms with Gasteiger partial charge in [-0.2, -0.15) is 0 Å². The van der Waals surface area contributed by atoms with Gasteiger partial charge in [0.25, 0.3) is 5.91 Å². The number of aromatic nitrogens is 3. The third-order valence-electron chi connectivity index (χ3n) is 5.24. The quantitative estimate of drug-likeness (QED) is 0.445. The minimum absolute atomic E-state index is 0.136. The second kappa shape index (κ2) is 7.12. The monoisotopic (exact) mass is 392 g/mol. The molecule has 0 saturated carbocycles. The smallest absolute Gasteiger partial charge is 0.255 e. The predicted molar refractivity (Wildman–Crippen MR) is 120 cm³/mol. The van der Waals surface area contributed by atoms with E-state index in [1.807, 2.05) is 74.5 Å². The predicted octanol–water partition coefficient (Wildman–Crippen LogP) is 5.44. The van der Waals surface area contributed by atoms with Crippen molar-refractivity contribution in [2.24, 2.45) is 0 Å². The summed E-state index contributed by atoms with van der Waals surface area (Å²) in [7, 11) is 0. The number of nitrogens with one attached hydrogen (secondary N) is 1. The largest absolute Gasteiger partial charge is 0.322 e. The molecule has 5 heteroatoms. The van der Waals surface area contributed by atoms with E-state index >= 15 is 0 Å². The van der Waals surface area contributed by atoms with Gasteiger partial charge in [0.05, 0.1) is 5.69 Å². The number of carbonyl (C=O) groups is 1. The van der Waals surface area contributed by atoms with Gasteiger partial charge in [0.15, 0.2) is 0 Å². The van der Waals surface area contributed by atoms with E-state index in [1.165, 1.54) is 0 Å². The molecule has 0 saturated heterocycles. The summed E-state index contributed by atoms with van der Waals surface area (Å²) in [6.45, 7) is 3.93. The van der Waals surface area contributed by atoms with Crippen LogP contribution in [0.2, 0.25) is 0 Å². The molecular weight excluding hydrogens is 372 g/mol. The molecule has 5 nitrogen and oxygen atoms in total. The van der Waals surface area contributed by atoms with Crippen LogP contribution in [0.4, 0.5) is 5.69 Å². The van der Waals surface area contributed by atoms with E-state index in [1.54, 1.807) is 4.80 Å². The van der Waals surface area contributed by atoms with Crippen LogP contribution in [-0.4, -0.2) is 20.9 Å². The molecule has 0 spiro atoms. The zero-order valence-electron chi connectivity index (χ0n) is 16.8. The van der Waals surface area contributed by atoms with Gasteiger partial charge in [-0.25, -0.2) is 0 Å². The summed E-state index contributed by atoms with van der Waals surface area (Å²) in [6.07, 6.45) is 0. The molecule has 5 rings (SSSR count). The lowest BCUT2D eigenvalue weighted by molar-refractivity contribution is 0.102. The highest BCUT2D eigenvalue weighted by atomic mass is 16.1. The van der Waals surface area contributed by atoms with E-state index in [2.05, 4.69) is 33.7 Å². The third-order valence-corrected chi connectivity index (χ3v) is 5.24. The Morgan fingerprint density at radius 1 is 0.833 bits per heavy atom. The average Bonchev–Trinajstić information content (AvgIpc) is 3.16. The number of nitrogens with zero attached hydrogens (tertiary/aromatic N) is 3. The zero-order chi connectivity index (χ0) is 20.7. The van der Waals surface area contributed by atoms with Crippen molar-refractivity contribution in [3.63, 3.8) is 0 Å². The lowest BCUT2D eigenvalue weighted by Crippen LogP contribution is -2.12. The van der Waals surface area contributed by atoms with Crippen LogP contribution in [-0.2, 0) is 0 Å². The maximum absolute atomic E-state index is 12.7. The first-order valence-electron chi connectivity index (χ1n) is 9.82. The summed E-state index contributed by atoms with van der Waals surface area (Å²) in [5, 5.41) is 14.6. The van der Waals surface area contributed by atoms with Crippen molar-refractivity contribution in [2.45, 2.75) is 13.8 Å². The molecule has 4 aromatic carbocycles. The van der Waals surface area contributed by atoms with Crippen LogP contribution in [0.15, 0.2) is 78.9 Å². The third kappa shape index (κ3) is 3.20. The Morgan fingerprint density at radius 3 is 2.40 bits per heavy atom. The Bertz CT molecular complexity index is 1410. The SMILES string of the molecule is Cc1cccc(C(=O)Nc2cc3nn(-c4cccc5ccccc45)nc3cc2C)c1. The molecule has 146 valence electrons. The number of amides is 1. The van der Waals surface area contributed by atoms with Crippen LogP contribution in [0.25, 0.3) is 27.5 Å². The first-order chi connectivity index (χ1) is 14.6. The highest BCUT2D eigenvalue weighted by molar-refractivity contribution is 6.05. The van der Waals surface area contributed by atoms with Crippen molar-refractivity contribution >= 4 is 33.4 Å². The highest BCUT2D eigenvalue weighted by Crippen LogP contribution is 2.25.